The van der Waals surface area contributed by atoms with Gasteiger partial charge in [-0.2, -0.15) is 0 Å². The molecule has 1 saturated heterocycles. The smallest absolute Gasteiger partial charge is 0.0602 e. The Bertz CT molecular complexity index is 316. The van der Waals surface area contributed by atoms with Crippen LogP contribution in [0.5, 0.6) is 0 Å². The van der Waals surface area contributed by atoms with Crippen LogP contribution in [-0.4, -0.2) is 19.6 Å². The number of hydrogen-bond acceptors (Lipinski definition) is 2. The zero-order valence-corrected chi connectivity index (χ0v) is 10.2. The highest BCUT2D eigenvalue weighted by molar-refractivity contribution is 5.70. The van der Waals surface area contributed by atoms with E-state index in [4.69, 9.17) is 0 Å². The lowest BCUT2D eigenvalue weighted by atomic mass is 10.2. The van der Waals surface area contributed by atoms with E-state index in [0.717, 1.165) is 6.54 Å². The fourth-order valence-electron chi connectivity index (χ4n) is 2.26. The van der Waals surface area contributed by atoms with Gasteiger partial charge in [-0.1, -0.05) is 25.5 Å². The largest absolute Gasteiger partial charge is 0.383 e. The molecule has 0 amide bonds. The van der Waals surface area contributed by atoms with E-state index in [-0.39, 0.29) is 0 Å². The molecule has 0 saturated carbocycles. The molecule has 1 aliphatic rings. The molecule has 0 aromatic heterocycles. The summed E-state index contributed by atoms with van der Waals surface area (Å²) >= 11 is 0. The van der Waals surface area contributed by atoms with Crippen molar-refractivity contribution < 1.29 is 0 Å². The molecule has 0 spiro atoms. The Morgan fingerprint density at radius 2 is 1.94 bits per heavy atom. The van der Waals surface area contributed by atoms with Gasteiger partial charge in [0.2, 0.25) is 0 Å². The van der Waals surface area contributed by atoms with Gasteiger partial charge in [-0.25, -0.2) is 0 Å². The third-order valence-electron chi connectivity index (χ3n) is 3.20. The molecule has 0 unspecified atom stereocenters. The van der Waals surface area contributed by atoms with E-state index in [1.54, 1.807) is 0 Å². The molecule has 1 aliphatic heterocycles. The van der Waals surface area contributed by atoms with E-state index in [1.165, 1.54) is 50.1 Å². The second-order valence-corrected chi connectivity index (χ2v) is 4.49. The third kappa shape index (κ3) is 2.69. The molecule has 2 heteroatoms. The predicted molar refractivity (Wildman–Crippen MR) is 71.3 cm³/mol. The SMILES string of the molecule is CCCCNc1ccccc1N1CCCC1. The number of nitrogens with zero attached hydrogens (tertiary/aromatic N) is 1. The molecule has 1 N–H and O–H groups in total. The second-order valence-electron chi connectivity index (χ2n) is 4.49. The van der Waals surface area contributed by atoms with Gasteiger partial charge in [-0.05, 0) is 31.4 Å². The lowest BCUT2D eigenvalue weighted by molar-refractivity contribution is 0.833. The van der Waals surface area contributed by atoms with E-state index >= 15 is 0 Å². The predicted octanol–water partition coefficient (Wildman–Crippen LogP) is 3.50. The van der Waals surface area contributed by atoms with Crippen LogP contribution in [0.1, 0.15) is 32.6 Å². The molecule has 2 nitrogen and oxygen atoms in total. The first kappa shape index (κ1) is 11.3. The number of benzene rings is 1. The highest BCUT2D eigenvalue weighted by Crippen LogP contribution is 2.28. The first-order valence-electron chi connectivity index (χ1n) is 6.49. The standard InChI is InChI=1S/C14H22N2/c1-2-3-10-15-13-8-4-5-9-14(13)16-11-6-7-12-16/h4-5,8-9,15H,2-3,6-7,10-12H2,1H3. The zero-order chi connectivity index (χ0) is 11.2. The Hall–Kier alpha value is -1.18. The quantitative estimate of drug-likeness (QED) is 0.761. The highest BCUT2D eigenvalue weighted by atomic mass is 15.2. The van der Waals surface area contributed by atoms with Crippen molar-refractivity contribution in [2.45, 2.75) is 32.6 Å². The van der Waals surface area contributed by atoms with Crippen LogP contribution < -0.4 is 10.2 Å². The minimum Gasteiger partial charge on any atom is -0.383 e. The van der Waals surface area contributed by atoms with Gasteiger partial charge in [0.1, 0.15) is 0 Å². The first-order valence-corrected chi connectivity index (χ1v) is 6.49. The number of hydrogen-bond donors (Lipinski definition) is 1. The Morgan fingerprint density at radius 1 is 1.19 bits per heavy atom. The first-order chi connectivity index (χ1) is 7.92. The minimum absolute atomic E-state index is 1.08. The lowest BCUT2D eigenvalue weighted by Gasteiger charge is -2.21. The van der Waals surface area contributed by atoms with Crippen molar-refractivity contribution in [2.24, 2.45) is 0 Å². The molecular formula is C14H22N2. The summed E-state index contributed by atoms with van der Waals surface area (Å²) in [6.07, 6.45) is 5.17. The van der Waals surface area contributed by atoms with Gasteiger partial charge in [0.05, 0.1) is 11.4 Å². The summed E-state index contributed by atoms with van der Waals surface area (Å²) in [7, 11) is 0. The fourth-order valence-corrected chi connectivity index (χ4v) is 2.26. The van der Waals surface area contributed by atoms with Crippen molar-refractivity contribution in [3.8, 4) is 0 Å². The van der Waals surface area contributed by atoms with Crippen molar-refractivity contribution in [1.29, 1.82) is 0 Å². The number of nitrogens with one attached hydrogen (secondary N) is 1. The van der Waals surface area contributed by atoms with Crippen molar-refractivity contribution in [3.05, 3.63) is 24.3 Å². The van der Waals surface area contributed by atoms with E-state index in [2.05, 4.69) is 41.4 Å². The van der Waals surface area contributed by atoms with Crippen LogP contribution in [-0.2, 0) is 0 Å². The third-order valence-corrected chi connectivity index (χ3v) is 3.20. The maximum atomic E-state index is 3.55. The summed E-state index contributed by atoms with van der Waals surface area (Å²) in [5.41, 5.74) is 2.69. The number of para-hydroxylation sites is 2. The minimum atomic E-state index is 1.08. The van der Waals surface area contributed by atoms with Crippen molar-refractivity contribution >= 4 is 11.4 Å². The summed E-state index contributed by atoms with van der Waals surface area (Å²) in [6.45, 7) is 5.74. The average molecular weight is 218 g/mol. The maximum absolute atomic E-state index is 3.55. The average Bonchev–Trinajstić information content (AvgIpc) is 2.83. The summed E-state index contributed by atoms with van der Waals surface area (Å²) in [6, 6.07) is 8.69. The number of unbranched alkanes of at least 4 members (excludes halogenated alkanes) is 1. The van der Waals surface area contributed by atoms with Crippen molar-refractivity contribution in [1.82, 2.24) is 0 Å². The molecule has 1 aromatic carbocycles. The molecule has 0 aliphatic carbocycles. The van der Waals surface area contributed by atoms with Gasteiger partial charge in [0, 0.05) is 19.6 Å². The van der Waals surface area contributed by atoms with Crippen LogP contribution in [0.15, 0.2) is 24.3 Å². The summed E-state index contributed by atoms with van der Waals surface area (Å²) in [5, 5.41) is 3.55. The van der Waals surface area contributed by atoms with Gasteiger partial charge in [0.15, 0.2) is 0 Å². The van der Waals surface area contributed by atoms with Gasteiger partial charge >= 0.3 is 0 Å². The van der Waals surface area contributed by atoms with Crippen LogP contribution in [0.3, 0.4) is 0 Å². The van der Waals surface area contributed by atoms with Crippen molar-refractivity contribution in [3.63, 3.8) is 0 Å². The Balaban J connectivity index is 2.04. The molecule has 1 aromatic rings. The van der Waals surface area contributed by atoms with E-state index < -0.39 is 0 Å². The monoisotopic (exact) mass is 218 g/mol. The summed E-state index contributed by atoms with van der Waals surface area (Å²) in [4.78, 5) is 2.49. The van der Waals surface area contributed by atoms with E-state index in [0.29, 0.717) is 0 Å². The normalized spacial score (nSPS) is 15.4. The van der Waals surface area contributed by atoms with Crippen LogP contribution in [0.25, 0.3) is 0 Å². The van der Waals surface area contributed by atoms with Crippen LogP contribution in [0.2, 0.25) is 0 Å². The Labute approximate surface area is 98.7 Å². The maximum Gasteiger partial charge on any atom is 0.0602 e. The van der Waals surface area contributed by atoms with Gasteiger partial charge < -0.3 is 10.2 Å². The molecule has 0 bridgehead atoms. The zero-order valence-electron chi connectivity index (χ0n) is 10.2. The molecule has 1 heterocycles. The van der Waals surface area contributed by atoms with Crippen LogP contribution in [0.4, 0.5) is 11.4 Å². The van der Waals surface area contributed by atoms with E-state index in [1.807, 2.05) is 0 Å². The molecule has 88 valence electrons. The molecule has 1 fully saturated rings. The van der Waals surface area contributed by atoms with Crippen LogP contribution >= 0.6 is 0 Å². The molecular weight excluding hydrogens is 196 g/mol. The van der Waals surface area contributed by atoms with Gasteiger partial charge in [-0.15, -0.1) is 0 Å². The number of anilines is 2. The molecule has 2 rings (SSSR count). The molecule has 0 atom stereocenters. The topological polar surface area (TPSA) is 15.3 Å². The highest BCUT2D eigenvalue weighted by Gasteiger charge is 2.14. The number of rotatable bonds is 5. The fraction of sp³-hybridized carbons (Fsp3) is 0.571. The van der Waals surface area contributed by atoms with Crippen LogP contribution in [0, 0.1) is 0 Å². The summed E-state index contributed by atoms with van der Waals surface area (Å²) < 4.78 is 0. The second kappa shape index (κ2) is 5.78. The summed E-state index contributed by atoms with van der Waals surface area (Å²) in [5.74, 6) is 0. The van der Waals surface area contributed by atoms with E-state index in [9.17, 15) is 0 Å². The Kier molecular flexibility index (Phi) is 4.09. The van der Waals surface area contributed by atoms with Gasteiger partial charge in [-0.3, -0.25) is 0 Å². The molecule has 0 radical (unpaired) electrons. The van der Waals surface area contributed by atoms with Gasteiger partial charge in [0.25, 0.3) is 0 Å². The van der Waals surface area contributed by atoms with Crippen molar-refractivity contribution in [2.75, 3.05) is 29.9 Å². The molecule has 16 heavy (non-hydrogen) atoms. The lowest BCUT2D eigenvalue weighted by Crippen LogP contribution is -2.19. The Morgan fingerprint density at radius 3 is 2.69 bits per heavy atom.